The molecule has 0 bridgehead atoms. The fourth-order valence-corrected chi connectivity index (χ4v) is 5.02. The maximum Gasteiger partial charge on any atom is 0.224 e. The maximum absolute atomic E-state index is 12.7. The number of fused-ring (bicyclic) bond motifs is 2. The molecule has 4 rings (SSSR count). The molecule has 4 heteroatoms. The van der Waals surface area contributed by atoms with Gasteiger partial charge in [-0.05, 0) is 55.2 Å². The van der Waals surface area contributed by atoms with Crippen molar-refractivity contribution in [2.75, 3.05) is 6.54 Å². The first-order chi connectivity index (χ1) is 11.5. The zero-order valence-corrected chi connectivity index (χ0v) is 14.7. The van der Waals surface area contributed by atoms with Crippen molar-refractivity contribution in [3.8, 4) is 0 Å². The first-order valence-corrected chi connectivity index (χ1v) is 9.53. The molecular formula is C20H23NO2S. The Labute approximate surface area is 146 Å². The van der Waals surface area contributed by atoms with Gasteiger partial charge in [-0.25, -0.2) is 0 Å². The molecule has 1 aromatic heterocycles. The fraction of sp³-hybridized carbons (Fsp3) is 0.450. The van der Waals surface area contributed by atoms with Crippen molar-refractivity contribution in [2.45, 2.75) is 43.6 Å². The van der Waals surface area contributed by atoms with E-state index in [-0.39, 0.29) is 23.8 Å². The van der Waals surface area contributed by atoms with Crippen molar-refractivity contribution in [1.29, 1.82) is 0 Å². The summed E-state index contributed by atoms with van der Waals surface area (Å²) >= 11 is 1.52. The molecule has 1 saturated carbocycles. The van der Waals surface area contributed by atoms with Gasteiger partial charge in [0, 0.05) is 16.2 Å². The monoisotopic (exact) mass is 341 g/mol. The molecule has 1 aromatic carbocycles. The lowest BCUT2D eigenvalue weighted by Crippen LogP contribution is -2.40. The Hall–Kier alpha value is -1.65. The topological polar surface area (TPSA) is 49.3 Å². The van der Waals surface area contributed by atoms with Crippen molar-refractivity contribution < 1.29 is 9.90 Å². The quantitative estimate of drug-likeness (QED) is 0.896. The van der Waals surface area contributed by atoms with Crippen molar-refractivity contribution in [3.05, 3.63) is 57.8 Å². The summed E-state index contributed by atoms with van der Waals surface area (Å²) in [5.41, 5.74) is 1.83. The van der Waals surface area contributed by atoms with Crippen LogP contribution in [0.2, 0.25) is 0 Å². The number of hydrogen-bond donors (Lipinski definition) is 2. The van der Waals surface area contributed by atoms with Gasteiger partial charge in [-0.1, -0.05) is 30.3 Å². The zero-order chi connectivity index (χ0) is 16.8. The van der Waals surface area contributed by atoms with Crippen LogP contribution in [-0.2, 0) is 22.2 Å². The smallest absolute Gasteiger partial charge is 0.224 e. The van der Waals surface area contributed by atoms with Crippen molar-refractivity contribution in [3.63, 3.8) is 0 Å². The summed E-state index contributed by atoms with van der Waals surface area (Å²) in [5, 5.41) is 15.5. The Bertz CT molecular complexity index is 753. The lowest BCUT2D eigenvalue weighted by atomic mass is 9.78. The number of rotatable bonds is 4. The van der Waals surface area contributed by atoms with Crippen LogP contribution in [0.5, 0.6) is 0 Å². The molecule has 3 nitrogen and oxygen atoms in total. The molecule has 0 aliphatic heterocycles. The minimum atomic E-state index is -1.00. The molecule has 0 radical (unpaired) electrons. The van der Waals surface area contributed by atoms with Crippen molar-refractivity contribution in [2.24, 2.45) is 5.92 Å². The van der Waals surface area contributed by atoms with Gasteiger partial charge in [0.25, 0.3) is 0 Å². The molecule has 1 amide bonds. The molecular weight excluding hydrogens is 318 g/mol. The van der Waals surface area contributed by atoms with Crippen LogP contribution in [0.4, 0.5) is 0 Å². The number of thiophene rings is 1. The average Bonchev–Trinajstić information content (AvgIpc) is 3.04. The summed E-state index contributed by atoms with van der Waals surface area (Å²) in [6, 6.07) is 12.4. The van der Waals surface area contributed by atoms with Crippen LogP contribution in [0.25, 0.3) is 0 Å². The molecule has 24 heavy (non-hydrogen) atoms. The Morgan fingerprint density at radius 1 is 1.38 bits per heavy atom. The highest BCUT2D eigenvalue weighted by molar-refractivity contribution is 7.10. The number of hydrogen-bond acceptors (Lipinski definition) is 3. The van der Waals surface area contributed by atoms with E-state index in [1.54, 1.807) is 6.92 Å². The predicted molar refractivity (Wildman–Crippen MR) is 96.1 cm³/mol. The second-order valence-electron chi connectivity index (χ2n) is 7.39. The van der Waals surface area contributed by atoms with Gasteiger partial charge in [0.05, 0.1) is 6.54 Å². The Balaban J connectivity index is 1.45. The Morgan fingerprint density at radius 2 is 2.21 bits per heavy atom. The Morgan fingerprint density at radius 3 is 3.00 bits per heavy atom. The standard InChI is InChI=1S/C20H23NO2S/c1-19(23,17-9-5-11-24-17)13-21-18(22)16-12-20(16)10-4-7-14-6-2-3-8-15(14)20/h2-3,5-6,8-9,11,16,23H,4,7,10,12-13H2,1H3,(H,21,22). The van der Waals surface area contributed by atoms with E-state index in [9.17, 15) is 9.90 Å². The number of nitrogens with one attached hydrogen (secondary N) is 1. The third-order valence-electron chi connectivity index (χ3n) is 5.67. The van der Waals surface area contributed by atoms with Crippen LogP contribution in [0, 0.1) is 5.92 Å². The van der Waals surface area contributed by atoms with Crippen LogP contribution in [0.3, 0.4) is 0 Å². The second kappa shape index (κ2) is 5.71. The van der Waals surface area contributed by atoms with E-state index >= 15 is 0 Å². The number of aryl methyl sites for hydroxylation is 1. The lowest BCUT2D eigenvalue weighted by Gasteiger charge is -2.27. The number of aliphatic hydroxyl groups is 1. The van der Waals surface area contributed by atoms with Gasteiger partial charge in [0.1, 0.15) is 5.60 Å². The van der Waals surface area contributed by atoms with E-state index < -0.39 is 5.60 Å². The zero-order valence-electron chi connectivity index (χ0n) is 13.9. The minimum absolute atomic E-state index is 0.0493. The summed E-state index contributed by atoms with van der Waals surface area (Å²) < 4.78 is 0. The minimum Gasteiger partial charge on any atom is -0.383 e. The molecule has 126 valence electrons. The highest BCUT2D eigenvalue weighted by Gasteiger charge is 2.60. The van der Waals surface area contributed by atoms with E-state index in [0.717, 1.165) is 30.6 Å². The van der Waals surface area contributed by atoms with Crippen LogP contribution in [0.1, 0.15) is 42.2 Å². The molecule has 2 N–H and O–H groups in total. The van der Waals surface area contributed by atoms with Gasteiger partial charge >= 0.3 is 0 Å². The maximum atomic E-state index is 12.7. The summed E-state index contributed by atoms with van der Waals surface area (Å²) in [6.07, 6.45) is 4.33. The molecule has 3 unspecified atom stereocenters. The van der Waals surface area contributed by atoms with Crippen LogP contribution in [-0.4, -0.2) is 17.6 Å². The van der Waals surface area contributed by atoms with E-state index in [2.05, 4.69) is 29.6 Å². The number of carbonyl (C=O) groups is 1. The molecule has 1 fully saturated rings. The van der Waals surface area contributed by atoms with Crippen LogP contribution >= 0.6 is 11.3 Å². The molecule has 1 heterocycles. The Kier molecular flexibility index (Phi) is 3.77. The van der Waals surface area contributed by atoms with Crippen LogP contribution in [0.15, 0.2) is 41.8 Å². The molecule has 0 saturated heterocycles. The largest absolute Gasteiger partial charge is 0.383 e. The summed E-state index contributed by atoms with van der Waals surface area (Å²) in [4.78, 5) is 13.6. The van der Waals surface area contributed by atoms with Gasteiger partial charge in [-0.2, -0.15) is 0 Å². The average molecular weight is 341 g/mol. The van der Waals surface area contributed by atoms with E-state index in [4.69, 9.17) is 0 Å². The van der Waals surface area contributed by atoms with Gasteiger partial charge in [-0.15, -0.1) is 11.3 Å². The molecule has 2 aliphatic rings. The lowest BCUT2D eigenvalue weighted by molar-refractivity contribution is -0.124. The first-order valence-electron chi connectivity index (χ1n) is 8.65. The predicted octanol–water partition coefficient (Wildman–Crippen LogP) is 3.37. The van der Waals surface area contributed by atoms with E-state index in [1.165, 1.54) is 22.5 Å². The first kappa shape index (κ1) is 15.9. The third kappa shape index (κ3) is 2.58. The normalized spacial score (nSPS) is 27.3. The summed E-state index contributed by atoms with van der Waals surface area (Å²) in [7, 11) is 0. The fourth-order valence-electron chi connectivity index (χ4n) is 4.23. The van der Waals surface area contributed by atoms with Gasteiger partial charge < -0.3 is 10.4 Å². The van der Waals surface area contributed by atoms with Crippen LogP contribution < -0.4 is 5.32 Å². The second-order valence-corrected chi connectivity index (χ2v) is 8.34. The molecule has 2 aliphatic carbocycles. The number of carbonyl (C=O) groups excluding carboxylic acids is 1. The highest BCUT2D eigenvalue weighted by atomic mass is 32.1. The third-order valence-corrected chi connectivity index (χ3v) is 6.80. The summed E-state index contributed by atoms with van der Waals surface area (Å²) in [6.45, 7) is 2.03. The van der Waals surface area contributed by atoms with Gasteiger partial charge in [0.2, 0.25) is 5.91 Å². The summed E-state index contributed by atoms with van der Waals surface area (Å²) in [5.74, 6) is 0.140. The van der Waals surface area contributed by atoms with Gasteiger partial charge in [0.15, 0.2) is 0 Å². The van der Waals surface area contributed by atoms with E-state index in [0.29, 0.717) is 0 Å². The number of amides is 1. The van der Waals surface area contributed by atoms with E-state index in [1.807, 2.05) is 17.5 Å². The number of benzene rings is 1. The SMILES string of the molecule is CC(O)(CNC(=O)C1CC12CCCc1ccccc12)c1cccs1. The van der Waals surface area contributed by atoms with Gasteiger partial charge in [-0.3, -0.25) is 4.79 Å². The van der Waals surface area contributed by atoms with Crippen molar-refractivity contribution >= 4 is 17.2 Å². The molecule has 1 spiro atoms. The molecule has 3 atom stereocenters. The molecule has 2 aromatic rings. The highest BCUT2D eigenvalue weighted by Crippen LogP contribution is 2.60. The van der Waals surface area contributed by atoms with Crippen molar-refractivity contribution in [1.82, 2.24) is 5.32 Å².